The molecule has 0 aromatic rings. The molecule has 11 heteroatoms. The van der Waals surface area contributed by atoms with Crippen molar-refractivity contribution in [2.24, 2.45) is 16.6 Å². The average Bonchev–Trinajstić information content (AvgIpc) is 3.21. The summed E-state index contributed by atoms with van der Waals surface area (Å²) in [5.74, 6) is -2.30. The second kappa shape index (κ2) is 7.55. The molecule has 10 nitrogen and oxygen atoms in total. The summed E-state index contributed by atoms with van der Waals surface area (Å²) in [6.07, 6.45) is 3.26. The Bertz CT molecular complexity index is 893. The predicted molar refractivity (Wildman–Crippen MR) is 98.3 cm³/mol. The first-order valence-corrected chi connectivity index (χ1v) is 10.5. The van der Waals surface area contributed by atoms with Crippen LogP contribution in [0.2, 0.25) is 0 Å². The molecule has 2 saturated heterocycles. The second-order valence-electron chi connectivity index (χ2n) is 7.19. The number of hydrogen-bond acceptors (Lipinski definition) is 7. The highest BCUT2D eigenvalue weighted by Crippen LogP contribution is 2.33. The lowest BCUT2D eigenvalue weighted by Crippen LogP contribution is -2.45. The van der Waals surface area contributed by atoms with Crippen molar-refractivity contribution in [1.82, 2.24) is 9.21 Å². The topological polar surface area (TPSA) is 147 Å². The first-order valence-electron chi connectivity index (χ1n) is 9.04. The van der Waals surface area contributed by atoms with Gasteiger partial charge < -0.3 is 10.6 Å². The number of sulfonamides is 1. The van der Waals surface area contributed by atoms with Crippen molar-refractivity contribution < 1.29 is 27.6 Å². The zero-order valence-electron chi connectivity index (χ0n) is 15.4. The van der Waals surface area contributed by atoms with E-state index in [1.54, 1.807) is 6.92 Å². The summed E-state index contributed by atoms with van der Waals surface area (Å²) >= 11 is 0. The number of nitrogens with two attached hydrogens (primary N) is 1. The van der Waals surface area contributed by atoms with Gasteiger partial charge in [-0.25, -0.2) is 13.4 Å². The van der Waals surface area contributed by atoms with Gasteiger partial charge in [0.25, 0.3) is 10.0 Å². The van der Waals surface area contributed by atoms with Crippen molar-refractivity contribution in [3.05, 3.63) is 12.3 Å². The van der Waals surface area contributed by atoms with Crippen molar-refractivity contribution in [3.8, 4) is 0 Å². The molecule has 152 valence electrons. The number of nitrogens with zero attached hydrogens (tertiary/aromatic N) is 3. The summed E-state index contributed by atoms with van der Waals surface area (Å²) in [5.41, 5.74) is 5.20. The molecular formula is C17H22N4O6S. The summed E-state index contributed by atoms with van der Waals surface area (Å²) in [6, 6.07) is -1.59. The summed E-state index contributed by atoms with van der Waals surface area (Å²) in [4.78, 5) is 53.2. The van der Waals surface area contributed by atoms with Crippen LogP contribution in [0, 0.1) is 5.92 Å². The first kappa shape index (κ1) is 20.3. The molecule has 3 rings (SSSR count). The minimum atomic E-state index is -4.22. The van der Waals surface area contributed by atoms with Crippen LogP contribution in [0.1, 0.15) is 32.6 Å². The Balaban J connectivity index is 1.76. The Labute approximate surface area is 162 Å². The SMILES string of the molecule is CC(CCC(=O)N1CCC2C1C(=O)CN2S(=O)(=O)C1=NC=CCC1=O)C(N)=O. The van der Waals surface area contributed by atoms with Gasteiger partial charge in [0, 0.05) is 31.5 Å². The number of carbonyl (C=O) groups is 4. The Morgan fingerprint density at radius 2 is 2.07 bits per heavy atom. The van der Waals surface area contributed by atoms with Gasteiger partial charge in [0.2, 0.25) is 16.9 Å². The molecule has 0 bridgehead atoms. The van der Waals surface area contributed by atoms with E-state index in [-0.39, 0.29) is 37.5 Å². The van der Waals surface area contributed by atoms with Gasteiger partial charge in [0.05, 0.1) is 12.6 Å². The van der Waals surface area contributed by atoms with Crippen LogP contribution in [0.3, 0.4) is 0 Å². The lowest BCUT2D eigenvalue weighted by molar-refractivity contribution is -0.136. The molecule has 28 heavy (non-hydrogen) atoms. The highest BCUT2D eigenvalue weighted by Gasteiger charge is 2.54. The second-order valence-corrected chi connectivity index (χ2v) is 9.00. The molecule has 2 fully saturated rings. The fourth-order valence-corrected chi connectivity index (χ4v) is 5.42. The Hall–Kier alpha value is -2.40. The van der Waals surface area contributed by atoms with Crippen molar-refractivity contribution in [2.75, 3.05) is 13.1 Å². The number of likely N-dealkylation sites (tertiary alicyclic amines) is 1. The van der Waals surface area contributed by atoms with Gasteiger partial charge in [0.15, 0.2) is 11.6 Å². The van der Waals surface area contributed by atoms with Crippen LogP contribution < -0.4 is 5.73 Å². The monoisotopic (exact) mass is 410 g/mol. The molecule has 0 saturated carbocycles. The highest BCUT2D eigenvalue weighted by atomic mass is 32.2. The molecule has 0 radical (unpaired) electrons. The molecule has 3 aliphatic heterocycles. The zero-order chi connectivity index (χ0) is 20.6. The molecule has 0 aliphatic carbocycles. The molecule has 0 aromatic carbocycles. The number of primary amides is 1. The van der Waals surface area contributed by atoms with Crippen LogP contribution in [0.25, 0.3) is 0 Å². The van der Waals surface area contributed by atoms with E-state index in [2.05, 4.69) is 4.99 Å². The van der Waals surface area contributed by atoms with Gasteiger partial charge in [-0.1, -0.05) is 13.0 Å². The predicted octanol–water partition coefficient (Wildman–Crippen LogP) is -1.04. The standard InChI is InChI=1S/C17H22N4O6S/c1-10(16(18)25)4-5-14(24)20-8-6-11-15(20)13(23)9-21(11)28(26,27)17-12(22)3-2-7-19-17/h2,7,10-11,15H,3-6,8-9H2,1H3,(H2,18,25). The Kier molecular flexibility index (Phi) is 5.48. The smallest absolute Gasteiger partial charge is 0.264 e. The van der Waals surface area contributed by atoms with Gasteiger partial charge in [-0.15, -0.1) is 0 Å². The third-order valence-electron chi connectivity index (χ3n) is 5.37. The van der Waals surface area contributed by atoms with E-state index in [1.165, 1.54) is 17.2 Å². The van der Waals surface area contributed by atoms with Gasteiger partial charge in [-0.05, 0) is 12.8 Å². The Morgan fingerprint density at radius 1 is 1.36 bits per heavy atom. The molecule has 2 N–H and O–H groups in total. The number of fused-ring (bicyclic) bond motifs is 1. The third kappa shape index (κ3) is 3.51. The number of Topliss-reactive ketones (excluding diaryl/α,β-unsaturated/α-hetero) is 2. The van der Waals surface area contributed by atoms with Crippen molar-refractivity contribution in [1.29, 1.82) is 0 Å². The number of rotatable bonds is 5. The lowest BCUT2D eigenvalue weighted by atomic mass is 10.0. The summed E-state index contributed by atoms with van der Waals surface area (Å²) < 4.78 is 26.8. The van der Waals surface area contributed by atoms with Gasteiger partial charge in [0.1, 0.15) is 6.04 Å². The van der Waals surface area contributed by atoms with E-state index in [1.807, 2.05) is 0 Å². The molecule has 2 amide bonds. The third-order valence-corrected chi connectivity index (χ3v) is 7.21. The molecule has 0 aromatic heterocycles. The molecular weight excluding hydrogens is 388 g/mol. The number of ketones is 2. The summed E-state index contributed by atoms with van der Waals surface area (Å²) in [5, 5.41) is -0.566. The number of carbonyl (C=O) groups excluding carboxylic acids is 4. The number of amides is 2. The van der Waals surface area contributed by atoms with E-state index >= 15 is 0 Å². The van der Waals surface area contributed by atoms with E-state index in [0.717, 1.165) is 4.31 Å². The van der Waals surface area contributed by atoms with Crippen LogP contribution >= 0.6 is 0 Å². The minimum absolute atomic E-state index is 0.0450. The van der Waals surface area contributed by atoms with E-state index in [9.17, 15) is 27.6 Å². The Morgan fingerprint density at radius 3 is 2.71 bits per heavy atom. The number of aliphatic imine (C=N–C) groups is 1. The molecule has 3 atom stereocenters. The van der Waals surface area contributed by atoms with Gasteiger partial charge >= 0.3 is 0 Å². The molecule has 0 spiro atoms. The van der Waals surface area contributed by atoms with Crippen LogP contribution in [-0.4, -0.2) is 71.2 Å². The lowest BCUT2D eigenvalue weighted by Gasteiger charge is -2.24. The van der Waals surface area contributed by atoms with Crippen LogP contribution in [0.5, 0.6) is 0 Å². The molecule has 3 unspecified atom stereocenters. The summed E-state index contributed by atoms with van der Waals surface area (Å²) in [7, 11) is -4.22. The normalized spacial score (nSPS) is 26.3. The fourth-order valence-electron chi connectivity index (χ4n) is 3.76. The number of allylic oxidation sites excluding steroid dienone is 1. The fraction of sp³-hybridized carbons (Fsp3) is 0.588. The van der Waals surface area contributed by atoms with Crippen LogP contribution in [0.15, 0.2) is 17.3 Å². The maximum Gasteiger partial charge on any atom is 0.264 e. The largest absolute Gasteiger partial charge is 0.369 e. The highest BCUT2D eigenvalue weighted by molar-refractivity contribution is 8.06. The zero-order valence-corrected chi connectivity index (χ0v) is 16.2. The van der Waals surface area contributed by atoms with E-state index in [4.69, 9.17) is 5.73 Å². The quantitative estimate of drug-likeness (QED) is 0.612. The average molecular weight is 410 g/mol. The first-order chi connectivity index (χ1) is 13.1. The van der Waals surface area contributed by atoms with Crippen LogP contribution in [-0.2, 0) is 29.2 Å². The number of hydrogen-bond donors (Lipinski definition) is 1. The maximum atomic E-state index is 12.9. The van der Waals surface area contributed by atoms with Crippen molar-refractivity contribution in [3.63, 3.8) is 0 Å². The molecule has 3 heterocycles. The van der Waals surface area contributed by atoms with E-state index in [0.29, 0.717) is 6.42 Å². The summed E-state index contributed by atoms with van der Waals surface area (Å²) in [6.45, 7) is 1.46. The van der Waals surface area contributed by atoms with E-state index < -0.39 is 51.3 Å². The van der Waals surface area contributed by atoms with Gasteiger partial charge in [-0.3, -0.25) is 19.2 Å². The van der Waals surface area contributed by atoms with Crippen molar-refractivity contribution >= 4 is 38.4 Å². The van der Waals surface area contributed by atoms with Crippen LogP contribution in [0.4, 0.5) is 0 Å². The molecule has 3 aliphatic rings. The van der Waals surface area contributed by atoms with Gasteiger partial charge in [-0.2, -0.15) is 4.31 Å². The minimum Gasteiger partial charge on any atom is -0.369 e. The van der Waals surface area contributed by atoms with Crippen molar-refractivity contribution in [2.45, 2.75) is 44.7 Å². The maximum absolute atomic E-state index is 12.9.